The van der Waals surface area contributed by atoms with Crippen molar-refractivity contribution in [2.45, 2.75) is 24.2 Å². The Balaban J connectivity index is 1.71. The molecule has 24 heavy (non-hydrogen) atoms. The van der Waals surface area contributed by atoms with Gasteiger partial charge in [-0.3, -0.25) is 0 Å². The van der Waals surface area contributed by atoms with Gasteiger partial charge >= 0.3 is 0 Å². The predicted molar refractivity (Wildman–Crippen MR) is 99.6 cm³/mol. The zero-order chi connectivity index (χ0) is 17.3. The number of rotatable bonds is 3. The highest BCUT2D eigenvalue weighted by Gasteiger charge is 2.33. The second-order valence-electron chi connectivity index (χ2n) is 5.96. The lowest BCUT2D eigenvalue weighted by atomic mass is 9.82. The first kappa shape index (κ1) is 18.4. The molecule has 0 saturated carbocycles. The van der Waals surface area contributed by atoms with Gasteiger partial charge in [-0.2, -0.15) is 4.31 Å². The van der Waals surface area contributed by atoms with E-state index >= 15 is 0 Å². The standard InChI is InChI=1S/C16H17BrCl2N2O2S/c17-14-9-12(10-20-16(14)19)24(22,23)21-7-5-11(6-8-21)13-3-1-2-4-15(13)18/h1,3-4,9-11,13H,2,5-8H2. The molecule has 1 aliphatic carbocycles. The number of hydrogen-bond donors (Lipinski definition) is 0. The fourth-order valence-corrected chi connectivity index (χ4v) is 5.57. The van der Waals surface area contributed by atoms with Crippen molar-refractivity contribution in [1.29, 1.82) is 0 Å². The van der Waals surface area contributed by atoms with Gasteiger partial charge in [-0.1, -0.05) is 41.4 Å². The third-order valence-electron chi connectivity index (χ3n) is 4.53. The minimum absolute atomic E-state index is 0.160. The molecule has 8 heteroatoms. The van der Waals surface area contributed by atoms with Crippen LogP contribution in [0, 0.1) is 11.8 Å². The SMILES string of the molecule is O=S(=O)(c1cnc(Cl)c(Br)c1)N1CCC(C2C=CCC=C2Cl)CC1. The summed E-state index contributed by atoms with van der Waals surface area (Å²) in [4.78, 5) is 4.08. The van der Waals surface area contributed by atoms with Crippen molar-refractivity contribution < 1.29 is 8.42 Å². The first-order chi connectivity index (χ1) is 11.4. The van der Waals surface area contributed by atoms with E-state index in [1.807, 2.05) is 6.08 Å². The second kappa shape index (κ2) is 7.46. The van der Waals surface area contributed by atoms with E-state index in [1.54, 1.807) is 0 Å². The van der Waals surface area contributed by atoms with Crippen LogP contribution in [0.15, 0.2) is 44.9 Å². The fourth-order valence-electron chi connectivity index (χ4n) is 3.19. The van der Waals surface area contributed by atoms with Crippen molar-refractivity contribution in [1.82, 2.24) is 9.29 Å². The maximum Gasteiger partial charge on any atom is 0.244 e. The molecule has 0 bridgehead atoms. The van der Waals surface area contributed by atoms with Crippen LogP contribution >= 0.6 is 39.1 Å². The number of piperidine rings is 1. The molecule has 4 nitrogen and oxygen atoms in total. The van der Waals surface area contributed by atoms with Gasteiger partial charge in [0.05, 0.1) is 4.47 Å². The Hall–Kier alpha value is -0.400. The normalized spacial score (nSPS) is 23.3. The van der Waals surface area contributed by atoms with Crippen molar-refractivity contribution in [3.63, 3.8) is 0 Å². The van der Waals surface area contributed by atoms with Gasteiger partial charge in [-0.25, -0.2) is 13.4 Å². The van der Waals surface area contributed by atoms with E-state index in [9.17, 15) is 8.42 Å². The molecule has 2 aliphatic rings. The summed E-state index contributed by atoms with van der Waals surface area (Å²) in [5.74, 6) is 0.600. The van der Waals surface area contributed by atoms with Crippen molar-refractivity contribution in [3.05, 3.63) is 45.1 Å². The van der Waals surface area contributed by atoms with Crippen molar-refractivity contribution >= 4 is 49.2 Å². The molecule has 1 unspecified atom stereocenters. The molecular weight excluding hydrogens is 435 g/mol. The molecule has 130 valence electrons. The van der Waals surface area contributed by atoms with Crippen LogP contribution < -0.4 is 0 Å². The lowest BCUT2D eigenvalue weighted by Crippen LogP contribution is -2.40. The molecule has 0 spiro atoms. The number of aromatic nitrogens is 1. The highest BCUT2D eigenvalue weighted by molar-refractivity contribution is 9.10. The molecule has 1 aromatic rings. The molecule has 0 amide bonds. The number of allylic oxidation sites excluding steroid dienone is 4. The largest absolute Gasteiger partial charge is 0.244 e. The van der Waals surface area contributed by atoms with E-state index < -0.39 is 10.0 Å². The first-order valence-corrected chi connectivity index (χ1v) is 10.7. The van der Waals surface area contributed by atoms with Crippen LogP contribution in [0.4, 0.5) is 0 Å². The summed E-state index contributed by atoms with van der Waals surface area (Å²) in [6, 6.07) is 1.50. The Morgan fingerprint density at radius 1 is 1.25 bits per heavy atom. The summed E-state index contributed by atoms with van der Waals surface area (Å²) in [6.45, 7) is 0.976. The van der Waals surface area contributed by atoms with Crippen LogP contribution in [-0.4, -0.2) is 30.8 Å². The van der Waals surface area contributed by atoms with E-state index in [4.69, 9.17) is 23.2 Å². The lowest BCUT2D eigenvalue weighted by molar-refractivity contribution is 0.248. The average Bonchev–Trinajstić information content (AvgIpc) is 2.58. The quantitative estimate of drug-likeness (QED) is 0.498. The van der Waals surface area contributed by atoms with Crippen LogP contribution in [0.1, 0.15) is 19.3 Å². The van der Waals surface area contributed by atoms with E-state index in [0.29, 0.717) is 23.5 Å². The molecule has 0 N–H and O–H groups in total. The molecular formula is C16H17BrCl2N2O2S. The first-order valence-electron chi connectivity index (χ1n) is 7.73. The predicted octanol–water partition coefficient (Wildman–Crippen LogP) is 4.60. The number of nitrogens with zero attached hydrogens (tertiary/aromatic N) is 2. The van der Waals surface area contributed by atoms with E-state index in [0.717, 1.165) is 24.3 Å². The van der Waals surface area contributed by atoms with Crippen LogP contribution in [0.3, 0.4) is 0 Å². The molecule has 0 radical (unpaired) electrons. The van der Waals surface area contributed by atoms with Gasteiger partial charge in [0.25, 0.3) is 0 Å². The summed E-state index contributed by atoms with van der Waals surface area (Å²) in [6.07, 6.45) is 10.1. The molecule has 1 atom stereocenters. The lowest BCUT2D eigenvalue weighted by Gasteiger charge is -2.35. The Labute approximate surface area is 160 Å². The van der Waals surface area contributed by atoms with Crippen LogP contribution in [-0.2, 0) is 10.0 Å². The fraction of sp³-hybridized carbons (Fsp3) is 0.438. The third kappa shape index (κ3) is 3.73. The van der Waals surface area contributed by atoms with Crippen molar-refractivity contribution in [2.24, 2.45) is 11.8 Å². The molecule has 1 fully saturated rings. The Bertz CT molecular complexity index is 787. The number of halogens is 3. The highest BCUT2D eigenvalue weighted by Crippen LogP contribution is 2.36. The van der Waals surface area contributed by atoms with Crippen LogP contribution in [0.2, 0.25) is 5.15 Å². The molecule has 1 aliphatic heterocycles. The van der Waals surface area contributed by atoms with Crippen molar-refractivity contribution in [2.75, 3.05) is 13.1 Å². The van der Waals surface area contributed by atoms with Gasteiger partial charge in [0, 0.05) is 30.2 Å². The Morgan fingerprint density at radius 2 is 1.96 bits per heavy atom. The number of sulfonamides is 1. The molecule has 1 aromatic heterocycles. The third-order valence-corrected chi connectivity index (χ3v) is 7.93. The summed E-state index contributed by atoms with van der Waals surface area (Å²) in [5, 5.41) is 1.13. The van der Waals surface area contributed by atoms with E-state index in [1.165, 1.54) is 16.6 Å². The van der Waals surface area contributed by atoms with E-state index in [-0.39, 0.29) is 16.0 Å². The van der Waals surface area contributed by atoms with E-state index in [2.05, 4.69) is 33.1 Å². The minimum atomic E-state index is -3.55. The van der Waals surface area contributed by atoms with Gasteiger partial charge in [0.15, 0.2) is 0 Å². The van der Waals surface area contributed by atoms with Gasteiger partial charge in [0.2, 0.25) is 10.0 Å². The second-order valence-corrected chi connectivity index (χ2v) is 9.55. The van der Waals surface area contributed by atoms with Crippen LogP contribution in [0.5, 0.6) is 0 Å². The molecule has 1 saturated heterocycles. The van der Waals surface area contributed by atoms with Gasteiger partial charge in [-0.15, -0.1) is 0 Å². The Morgan fingerprint density at radius 3 is 2.58 bits per heavy atom. The topological polar surface area (TPSA) is 50.3 Å². The van der Waals surface area contributed by atoms with Gasteiger partial charge in [-0.05, 0) is 47.2 Å². The zero-order valence-electron chi connectivity index (χ0n) is 12.8. The zero-order valence-corrected chi connectivity index (χ0v) is 16.7. The maximum absolute atomic E-state index is 12.8. The molecule has 3 rings (SSSR count). The molecule has 0 aromatic carbocycles. The molecule has 2 heterocycles. The van der Waals surface area contributed by atoms with Gasteiger partial charge < -0.3 is 0 Å². The summed E-state index contributed by atoms with van der Waals surface area (Å²) < 4.78 is 27.5. The van der Waals surface area contributed by atoms with Crippen LogP contribution in [0.25, 0.3) is 0 Å². The number of pyridine rings is 1. The smallest absolute Gasteiger partial charge is 0.242 e. The van der Waals surface area contributed by atoms with Gasteiger partial charge in [0.1, 0.15) is 10.0 Å². The Kier molecular flexibility index (Phi) is 5.72. The summed E-state index contributed by atoms with van der Waals surface area (Å²) in [5.41, 5.74) is 0. The highest BCUT2D eigenvalue weighted by atomic mass is 79.9. The monoisotopic (exact) mass is 450 g/mol. The number of hydrogen-bond acceptors (Lipinski definition) is 3. The minimum Gasteiger partial charge on any atom is -0.242 e. The maximum atomic E-state index is 12.8. The van der Waals surface area contributed by atoms with Crippen molar-refractivity contribution in [3.8, 4) is 0 Å². The average molecular weight is 452 g/mol. The summed E-state index contributed by atoms with van der Waals surface area (Å²) >= 11 is 15.4. The summed E-state index contributed by atoms with van der Waals surface area (Å²) in [7, 11) is -3.55.